The first-order valence-corrected chi connectivity index (χ1v) is 5.86. The Hall–Kier alpha value is -2.29. The van der Waals surface area contributed by atoms with Crippen molar-refractivity contribution in [2.75, 3.05) is 18.5 Å². The maximum atomic E-state index is 5.53. The summed E-state index contributed by atoms with van der Waals surface area (Å²) in [5, 5.41) is 3.11. The van der Waals surface area contributed by atoms with Crippen LogP contribution in [0.1, 0.15) is 19.8 Å². The molecule has 0 fully saturated rings. The summed E-state index contributed by atoms with van der Waals surface area (Å²) in [5.74, 6) is 3.52. The normalized spacial score (nSPS) is 10.2. The summed E-state index contributed by atoms with van der Waals surface area (Å²) in [6.07, 6.45) is 8.29. The molecule has 0 aliphatic rings. The Morgan fingerprint density at radius 1 is 1.50 bits per heavy atom. The first-order valence-electron chi connectivity index (χ1n) is 5.86. The highest BCUT2D eigenvalue weighted by Crippen LogP contribution is 2.20. The molecular formula is C12H15N5O. The number of aromatic nitrogens is 4. The first kappa shape index (κ1) is 12.2. The minimum absolute atomic E-state index is 0.425. The first-order chi connectivity index (χ1) is 8.85. The summed E-state index contributed by atoms with van der Waals surface area (Å²) in [6, 6.07) is 0. The Morgan fingerprint density at radius 2 is 2.39 bits per heavy atom. The van der Waals surface area contributed by atoms with Gasteiger partial charge in [-0.2, -0.15) is 9.97 Å². The molecule has 0 saturated carbocycles. The van der Waals surface area contributed by atoms with E-state index in [0.717, 1.165) is 13.0 Å². The summed E-state index contributed by atoms with van der Waals surface area (Å²) in [5.41, 5.74) is 1.27. The van der Waals surface area contributed by atoms with Crippen molar-refractivity contribution in [3.63, 3.8) is 0 Å². The summed E-state index contributed by atoms with van der Waals surface area (Å²) in [6.45, 7) is 3.30. The van der Waals surface area contributed by atoms with Gasteiger partial charge < -0.3 is 15.0 Å². The van der Waals surface area contributed by atoms with E-state index >= 15 is 0 Å². The van der Waals surface area contributed by atoms with E-state index in [4.69, 9.17) is 11.2 Å². The lowest BCUT2D eigenvalue weighted by Gasteiger charge is -2.07. The summed E-state index contributed by atoms with van der Waals surface area (Å²) in [4.78, 5) is 15.6. The second kappa shape index (κ2) is 5.87. The van der Waals surface area contributed by atoms with Crippen molar-refractivity contribution in [2.24, 2.45) is 0 Å². The van der Waals surface area contributed by atoms with Crippen molar-refractivity contribution in [1.82, 2.24) is 19.9 Å². The molecule has 2 heterocycles. The van der Waals surface area contributed by atoms with Crippen molar-refractivity contribution < 1.29 is 4.74 Å². The fourth-order valence-corrected chi connectivity index (χ4v) is 1.43. The van der Waals surface area contributed by atoms with Crippen LogP contribution in [0.4, 0.5) is 5.95 Å². The van der Waals surface area contributed by atoms with Gasteiger partial charge in [-0.25, -0.2) is 4.98 Å². The Balaban J connectivity index is 2.24. The standard InChI is InChI=1S/C12H15N5O/c1-3-5-7-18-11-9-10(15-8-14-9)16-12(17-11)13-6-4-2/h1,8H,4-7H2,2H3,(H2,13,14,15,16,17). The predicted molar refractivity (Wildman–Crippen MR) is 69.4 cm³/mol. The second-order valence-electron chi connectivity index (χ2n) is 3.68. The zero-order chi connectivity index (χ0) is 12.8. The molecule has 0 aliphatic carbocycles. The molecule has 0 unspecified atom stereocenters. The number of terminal acetylenes is 1. The molecule has 18 heavy (non-hydrogen) atoms. The maximum absolute atomic E-state index is 5.53. The van der Waals surface area contributed by atoms with Gasteiger partial charge in [-0.15, -0.1) is 12.3 Å². The van der Waals surface area contributed by atoms with Crippen molar-refractivity contribution in [2.45, 2.75) is 19.8 Å². The van der Waals surface area contributed by atoms with Gasteiger partial charge in [0.25, 0.3) is 0 Å². The van der Waals surface area contributed by atoms with Gasteiger partial charge in [-0.05, 0) is 6.42 Å². The lowest BCUT2D eigenvalue weighted by Crippen LogP contribution is -2.07. The number of fused-ring (bicyclic) bond motifs is 1. The fourth-order valence-electron chi connectivity index (χ4n) is 1.43. The van der Waals surface area contributed by atoms with Gasteiger partial charge in [0, 0.05) is 13.0 Å². The van der Waals surface area contributed by atoms with E-state index in [-0.39, 0.29) is 0 Å². The smallest absolute Gasteiger partial charge is 0.245 e. The molecule has 0 spiro atoms. The van der Waals surface area contributed by atoms with Crippen LogP contribution >= 0.6 is 0 Å². The van der Waals surface area contributed by atoms with Crippen molar-refractivity contribution in [3.05, 3.63) is 6.33 Å². The number of aromatic amines is 1. The van der Waals surface area contributed by atoms with E-state index in [1.165, 1.54) is 0 Å². The average Bonchev–Trinajstić information content (AvgIpc) is 2.85. The molecule has 2 aromatic rings. The third-order valence-corrected chi connectivity index (χ3v) is 2.27. The van der Waals surface area contributed by atoms with Crippen LogP contribution in [0.15, 0.2) is 6.33 Å². The van der Waals surface area contributed by atoms with E-state index in [9.17, 15) is 0 Å². The van der Waals surface area contributed by atoms with Crippen molar-refractivity contribution >= 4 is 17.1 Å². The van der Waals surface area contributed by atoms with E-state index in [0.29, 0.717) is 36.0 Å². The van der Waals surface area contributed by atoms with Crippen LogP contribution in [0.5, 0.6) is 5.88 Å². The lowest BCUT2D eigenvalue weighted by molar-refractivity contribution is 0.318. The summed E-state index contributed by atoms with van der Waals surface area (Å²) >= 11 is 0. The summed E-state index contributed by atoms with van der Waals surface area (Å²) < 4.78 is 5.53. The van der Waals surface area contributed by atoms with Crippen LogP contribution in [0.25, 0.3) is 11.2 Å². The van der Waals surface area contributed by atoms with Crippen LogP contribution in [0.2, 0.25) is 0 Å². The van der Waals surface area contributed by atoms with Gasteiger partial charge in [0.15, 0.2) is 5.65 Å². The summed E-state index contributed by atoms with van der Waals surface area (Å²) in [7, 11) is 0. The predicted octanol–water partition coefficient (Wildman–Crippen LogP) is 1.58. The maximum Gasteiger partial charge on any atom is 0.245 e. The molecular weight excluding hydrogens is 230 g/mol. The molecule has 0 aliphatic heterocycles. The van der Waals surface area contributed by atoms with Gasteiger partial charge in [0.05, 0.1) is 6.33 Å². The lowest BCUT2D eigenvalue weighted by atomic mass is 10.4. The monoisotopic (exact) mass is 245 g/mol. The topological polar surface area (TPSA) is 75.7 Å². The number of nitrogens with one attached hydrogen (secondary N) is 2. The third kappa shape index (κ3) is 2.69. The van der Waals surface area contributed by atoms with Gasteiger partial charge in [-0.1, -0.05) is 6.92 Å². The molecule has 2 rings (SSSR count). The largest absolute Gasteiger partial charge is 0.475 e. The third-order valence-electron chi connectivity index (χ3n) is 2.27. The van der Waals surface area contributed by atoms with Crippen LogP contribution in [0.3, 0.4) is 0 Å². The van der Waals surface area contributed by atoms with Gasteiger partial charge in [-0.3, -0.25) is 0 Å². The van der Waals surface area contributed by atoms with E-state index in [2.05, 4.69) is 38.1 Å². The number of rotatable bonds is 6. The fraction of sp³-hybridized carbons (Fsp3) is 0.417. The highest BCUT2D eigenvalue weighted by molar-refractivity contribution is 5.76. The quantitative estimate of drug-likeness (QED) is 0.597. The van der Waals surface area contributed by atoms with Crippen LogP contribution in [-0.2, 0) is 0 Å². The molecule has 0 amide bonds. The molecule has 6 heteroatoms. The zero-order valence-electron chi connectivity index (χ0n) is 10.2. The zero-order valence-corrected chi connectivity index (χ0v) is 10.2. The van der Waals surface area contributed by atoms with Crippen LogP contribution < -0.4 is 10.1 Å². The molecule has 6 nitrogen and oxygen atoms in total. The average molecular weight is 245 g/mol. The molecule has 2 aromatic heterocycles. The van der Waals surface area contributed by atoms with Crippen molar-refractivity contribution in [3.8, 4) is 18.2 Å². The molecule has 2 N–H and O–H groups in total. The van der Waals surface area contributed by atoms with E-state index in [1.807, 2.05) is 0 Å². The Morgan fingerprint density at radius 3 is 3.17 bits per heavy atom. The molecule has 0 aromatic carbocycles. The highest BCUT2D eigenvalue weighted by atomic mass is 16.5. The van der Waals surface area contributed by atoms with E-state index in [1.54, 1.807) is 6.33 Å². The molecule has 94 valence electrons. The van der Waals surface area contributed by atoms with Crippen LogP contribution in [-0.4, -0.2) is 33.1 Å². The molecule has 0 atom stereocenters. The number of hydrogen-bond acceptors (Lipinski definition) is 5. The number of H-pyrrole nitrogens is 1. The molecule has 0 radical (unpaired) electrons. The van der Waals surface area contributed by atoms with Gasteiger partial charge in [0.1, 0.15) is 12.1 Å². The number of nitrogens with zero attached hydrogens (tertiary/aromatic N) is 3. The van der Waals surface area contributed by atoms with Crippen LogP contribution in [0, 0.1) is 12.3 Å². The minimum atomic E-state index is 0.425. The minimum Gasteiger partial charge on any atom is -0.475 e. The number of hydrogen-bond donors (Lipinski definition) is 2. The number of ether oxygens (including phenoxy) is 1. The molecule has 0 saturated heterocycles. The van der Waals surface area contributed by atoms with Crippen molar-refractivity contribution in [1.29, 1.82) is 0 Å². The number of anilines is 1. The Bertz CT molecular complexity index is 557. The second-order valence-corrected chi connectivity index (χ2v) is 3.68. The van der Waals surface area contributed by atoms with E-state index < -0.39 is 0 Å². The highest BCUT2D eigenvalue weighted by Gasteiger charge is 2.10. The Labute approximate surface area is 105 Å². The SMILES string of the molecule is C#CCCOc1nc(NCCC)nc2nc[nH]c12. The Kier molecular flexibility index (Phi) is 3.97. The van der Waals surface area contributed by atoms with Gasteiger partial charge >= 0.3 is 0 Å². The number of imidazole rings is 1. The molecule has 0 bridgehead atoms. The van der Waals surface area contributed by atoms with Gasteiger partial charge in [0.2, 0.25) is 11.8 Å².